The first-order chi connectivity index (χ1) is 14.0. The molecule has 148 valence electrons. The van der Waals surface area contributed by atoms with Crippen molar-refractivity contribution in [2.75, 3.05) is 13.2 Å². The Balaban J connectivity index is 1.57. The summed E-state index contributed by atoms with van der Waals surface area (Å²) in [5.41, 5.74) is 3.87. The third-order valence-corrected chi connectivity index (χ3v) is 5.45. The topological polar surface area (TPSA) is 42.2 Å². The lowest BCUT2D eigenvalue weighted by molar-refractivity contribution is 0.00519. The molecule has 3 rings (SSSR count). The molecule has 0 heterocycles. The SMILES string of the molecule is CC(OCCOc1ccccc1-c1ccccc1)C(C)(C)c1ccc(C#N)cc1. The molecule has 0 radical (unpaired) electrons. The number of para-hydroxylation sites is 1. The summed E-state index contributed by atoms with van der Waals surface area (Å²) in [6, 6.07) is 28.2. The molecule has 0 aliphatic carbocycles. The molecule has 0 saturated heterocycles. The highest BCUT2D eigenvalue weighted by atomic mass is 16.5. The van der Waals surface area contributed by atoms with E-state index in [2.05, 4.69) is 45.0 Å². The van der Waals surface area contributed by atoms with E-state index in [-0.39, 0.29) is 11.5 Å². The Bertz CT molecular complexity index is 956. The minimum absolute atomic E-state index is 0.00315. The maximum atomic E-state index is 8.98. The molecular formula is C26H27NO2. The van der Waals surface area contributed by atoms with Crippen molar-refractivity contribution in [2.24, 2.45) is 0 Å². The predicted octanol–water partition coefficient (Wildman–Crippen LogP) is 5.99. The number of nitriles is 1. The van der Waals surface area contributed by atoms with E-state index in [0.717, 1.165) is 22.4 Å². The molecule has 0 saturated carbocycles. The zero-order valence-corrected chi connectivity index (χ0v) is 17.3. The van der Waals surface area contributed by atoms with Gasteiger partial charge in [0.05, 0.1) is 24.3 Å². The number of hydrogen-bond donors (Lipinski definition) is 0. The quantitative estimate of drug-likeness (QED) is 0.448. The molecule has 0 aliphatic rings. The average Bonchev–Trinajstić information content (AvgIpc) is 2.77. The Morgan fingerprint density at radius 1 is 0.862 bits per heavy atom. The van der Waals surface area contributed by atoms with E-state index < -0.39 is 0 Å². The number of benzene rings is 3. The summed E-state index contributed by atoms with van der Waals surface area (Å²) in [6.45, 7) is 7.38. The van der Waals surface area contributed by atoms with Gasteiger partial charge in [-0.15, -0.1) is 0 Å². The fraction of sp³-hybridized carbons (Fsp3) is 0.269. The number of nitrogens with zero attached hydrogens (tertiary/aromatic N) is 1. The number of rotatable bonds is 8. The second-order valence-electron chi connectivity index (χ2n) is 7.63. The normalized spacial score (nSPS) is 12.2. The predicted molar refractivity (Wildman–Crippen MR) is 117 cm³/mol. The maximum absolute atomic E-state index is 8.98. The van der Waals surface area contributed by atoms with E-state index in [0.29, 0.717) is 18.8 Å². The Labute approximate surface area is 173 Å². The van der Waals surface area contributed by atoms with Crippen molar-refractivity contribution in [2.45, 2.75) is 32.3 Å². The van der Waals surface area contributed by atoms with Crippen LogP contribution in [0.25, 0.3) is 11.1 Å². The Hall–Kier alpha value is -3.09. The van der Waals surface area contributed by atoms with Gasteiger partial charge in [0.25, 0.3) is 0 Å². The van der Waals surface area contributed by atoms with Crippen LogP contribution in [0, 0.1) is 11.3 Å². The molecule has 0 aliphatic heterocycles. The molecule has 0 N–H and O–H groups in total. The summed E-state index contributed by atoms with van der Waals surface area (Å²) in [5, 5.41) is 8.98. The molecule has 3 nitrogen and oxygen atoms in total. The lowest BCUT2D eigenvalue weighted by Crippen LogP contribution is -2.34. The molecule has 1 unspecified atom stereocenters. The molecule has 29 heavy (non-hydrogen) atoms. The largest absolute Gasteiger partial charge is 0.491 e. The molecular weight excluding hydrogens is 358 g/mol. The van der Waals surface area contributed by atoms with Crippen molar-refractivity contribution >= 4 is 0 Å². The smallest absolute Gasteiger partial charge is 0.127 e. The second-order valence-corrected chi connectivity index (χ2v) is 7.63. The van der Waals surface area contributed by atoms with Gasteiger partial charge in [-0.3, -0.25) is 0 Å². The van der Waals surface area contributed by atoms with Crippen LogP contribution in [-0.2, 0) is 10.2 Å². The van der Waals surface area contributed by atoms with Crippen molar-refractivity contribution in [1.29, 1.82) is 5.26 Å². The number of hydrogen-bond acceptors (Lipinski definition) is 3. The van der Waals surface area contributed by atoms with Crippen LogP contribution < -0.4 is 4.74 Å². The van der Waals surface area contributed by atoms with Crippen LogP contribution in [0.5, 0.6) is 5.75 Å². The molecule has 3 aromatic carbocycles. The van der Waals surface area contributed by atoms with Crippen molar-refractivity contribution in [3.8, 4) is 22.9 Å². The third kappa shape index (κ3) is 5.04. The van der Waals surface area contributed by atoms with Gasteiger partial charge in [0, 0.05) is 11.0 Å². The fourth-order valence-electron chi connectivity index (χ4n) is 3.24. The van der Waals surface area contributed by atoms with Crippen molar-refractivity contribution in [3.05, 3.63) is 90.0 Å². The Kier molecular flexibility index (Phi) is 6.69. The zero-order valence-electron chi connectivity index (χ0n) is 17.3. The third-order valence-electron chi connectivity index (χ3n) is 5.45. The van der Waals surface area contributed by atoms with Crippen LogP contribution in [0.2, 0.25) is 0 Å². The second kappa shape index (κ2) is 9.41. The number of ether oxygens (including phenoxy) is 2. The summed E-state index contributed by atoms with van der Waals surface area (Å²) in [4.78, 5) is 0. The highest BCUT2D eigenvalue weighted by molar-refractivity contribution is 5.70. The Morgan fingerprint density at radius 2 is 1.52 bits per heavy atom. The minimum Gasteiger partial charge on any atom is -0.491 e. The van der Waals surface area contributed by atoms with Crippen LogP contribution in [0.15, 0.2) is 78.9 Å². The molecule has 3 aromatic rings. The van der Waals surface area contributed by atoms with Crippen molar-refractivity contribution < 1.29 is 9.47 Å². The molecule has 0 aromatic heterocycles. The molecule has 0 fully saturated rings. The minimum atomic E-state index is -0.171. The fourth-order valence-corrected chi connectivity index (χ4v) is 3.24. The zero-order chi connectivity index (χ0) is 20.7. The Morgan fingerprint density at radius 3 is 2.21 bits per heavy atom. The van der Waals surface area contributed by atoms with Gasteiger partial charge in [-0.05, 0) is 36.2 Å². The van der Waals surface area contributed by atoms with Crippen LogP contribution in [-0.4, -0.2) is 19.3 Å². The van der Waals surface area contributed by atoms with Crippen molar-refractivity contribution in [3.63, 3.8) is 0 Å². The van der Waals surface area contributed by atoms with Crippen molar-refractivity contribution in [1.82, 2.24) is 0 Å². The van der Waals surface area contributed by atoms with Crippen LogP contribution in [0.3, 0.4) is 0 Å². The van der Waals surface area contributed by atoms with Crippen LogP contribution in [0.4, 0.5) is 0 Å². The van der Waals surface area contributed by atoms with Crippen LogP contribution >= 0.6 is 0 Å². The van der Waals surface area contributed by atoms with E-state index in [1.54, 1.807) is 0 Å². The first-order valence-electron chi connectivity index (χ1n) is 9.92. The first kappa shape index (κ1) is 20.6. The lowest BCUT2D eigenvalue weighted by atomic mass is 9.80. The van der Waals surface area contributed by atoms with Gasteiger partial charge in [0.1, 0.15) is 12.4 Å². The molecule has 0 bridgehead atoms. The van der Waals surface area contributed by atoms with E-state index in [9.17, 15) is 0 Å². The van der Waals surface area contributed by atoms with Gasteiger partial charge in [-0.25, -0.2) is 0 Å². The molecule has 0 amide bonds. The summed E-state index contributed by atoms with van der Waals surface area (Å²) < 4.78 is 12.1. The summed E-state index contributed by atoms with van der Waals surface area (Å²) in [7, 11) is 0. The highest BCUT2D eigenvalue weighted by Gasteiger charge is 2.28. The van der Waals surface area contributed by atoms with Crippen LogP contribution in [0.1, 0.15) is 31.9 Å². The van der Waals surface area contributed by atoms with E-state index in [1.807, 2.05) is 60.7 Å². The standard InChI is InChI=1S/C26H27NO2/c1-20(26(2,3)23-15-13-21(19-27)14-16-23)28-17-18-29-25-12-8-7-11-24(25)22-9-5-4-6-10-22/h4-16,20H,17-18H2,1-3H3. The van der Waals surface area contributed by atoms with E-state index in [1.165, 1.54) is 0 Å². The highest BCUT2D eigenvalue weighted by Crippen LogP contribution is 2.31. The molecule has 0 spiro atoms. The summed E-state index contributed by atoms with van der Waals surface area (Å²) >= 11 is 0. The van der Waals surface area contributed by atoms with Gasteiger partial charge in [-0.2, -0.15) is 5.26 Å². The molecule has 1 atom stereocenters. The van der Waals surface area contributed by atoms with E-state index >= 15 is 0 Å². The summed E-state index contributed by atoms with van der Waals surface area (Å²) in [6.07, 6.45) is 0.00315. The van der Waals surface area contributed by atoms with Gasteiger partial charge >= 0.3 is 0 Å². The summed E-state index contributed by atoms with van der Waals surface area (Å²) in [5.74, 6) is 0.862. The average molecular weight is 386 g/mol. The first-order valence-corrected chi connectivity index (χ1v) is 9.92. The van der Waals surface area contributed by atoms with Gasteiger partial charge in [0.15, 0.2) is 0 Å². The monoisotopic (exact) mass is 385 g/mol. The van der Waals surface area contributed by atoms with Gasteiger partial charge in [0.2, 0.25) is 0 Å². The maximum Gasteiger partial charge on any atom is 0.127 e. The van der Waals surface area contributed by atoms with Gasteiger partial charge < -0.3 is 9.47 Å². The van der Waals surface area contributed by atoms with Gasteiger partial charge in [-0.1, -0.05) is 74.5 Å². The van der Waals surface area contributed by atoms with E-state index in [4.69, 9.17) is 14.7 Å². The lowest BCUT2D eigenvalue weighted by Gasteiger charge is -2.32. The molecule has 3 heteroatoms.